The zero-order valence-corrected chi connectivity index (χ0v) is 8.13. The number of hydrogen-bond acceptors (Lipinski definition) is 1. The van der Waals surface area contributed by atoms with Crippen LogP contribution in [0.15, 0.2) is 0 Å². The first-order valence-electron chi connectivity index (χ1n) is 4.66. The third kappa shape index (κ3) is 2.13. The van der Waals surface area contributed by atoms with E-state index in [1.165, 1.54) is 0 Å². The highest BCUT2D eigenvalue weighted by atomic mass is 16.2. The van der Waals surface area contributed by atoms with Gasteiger partial charge in [0.2, 0.25) is 0 Å². The van der Waals surface area contributed by atoms with Gasteiger partial charge in [-0.25, -0.2) is 4.79 Å². The maximum absolute atomic E-state index is 11.4. The highest BCUT2D eigenvalue weighted by molar-refractivity contribution is 5.75. The van der Waals surface area contributed by atoms with Crippen LogP contribution < -0.4 is 5.32 Å². The van der Waals surface area contributed by atoms with E-state index in [1.54, 1.807) is 0 Å². The fourth-order valence-corrected chi connectivity index (χ4v) is 0.972. The minimum Gasteiger partial charge on any atom is -0.335 e. The topological polar surface area (TPSA) is 32.3 Å². The SMILES string of the molecule is CC(C)[C@@H](C)NC(=O)N1CCC1. The van der Waals surface area contributed by atoms with Gasteiger partial charge in [0, 0.05) is 19.1 Å². The molecule has 70 valence electrons. The molecule has 0 aromatic carbocycles. The first kappa shape index (κ1) is 9.36. The Morgan fingerprint density at radius 1 is 1.33 bits per heavy atom. The summed E-state index contributed by atoms with van der Waals surface area (Å²) in [6.45, 7) is 8.12. The lowest BCUT2D eigenvalue weighted by atomic mass is 10.1. The Morgan fingerprint density at radius 3 is 2.25 bits per heavy atom. The van der Waals surface area contributed by atoms with E-state index in [9.17, 15) is 4.79 Å². The van der Waals surface area contributed by atoms with Crippen LogP contribution in [0, 0.1) is 5.92 Å². The molecule has 1 heterocycles. The van der Waals surface area contributed by atoms with Crippen LogP contribution in [0.4, 0.5) is 4.79 Å². The first-order chi connectivity index (χ1) is 5.61. The molecule has 1 saturated heterocycles. The fraction of sp³-hybridized carbons (Fsp3) is 0.889. The molecule has 0 aromatic heterocycles. The minimum atomic E-state index is 0.0995. The van der Waals surface area contributed by atoms with Crippen molar-refractivity contribution in [3.05, 3.63) is 0 Å². The Hall–Kier alpha value is -0.730. The van der Waals surface area contributed by atoms with Crippen molar-refractivity contribution in [3.63, 3.8) is 0 Å². The van der Waals surface area contributed by atoms with E-state index in [0.29, 0.717) is 5.92 Å². The molecule has 1 aliphatic heterocycles. The summed E-state index contributed by atoms with van der Waals surface area (Å²) in [5.74, 6) is 0.509. The Kier molecular flexibility index (Phi) is 2.95. The zero-order chi connectivity index (χ0) is 9.14. The minimum absolute atomic E-state index is 0.0995. The standard InChI is InChI=1S/C9H18N2O/c1-7(2)8(3)10-9(12)11-5-4-6-11/h7-8H,4-6H2,1-3H3,(H,10,12)/t8-/m1/s1. The van der Waals surface area contributed by atoms with Crippen molar-refractivity contribution in [1.29, 1.82) is 0 Å². The van der Waals surface area contributed by atoms with Crippen molar-refractivity contribution in [1.82, 2.24) is 10.2 Å². The second kappa shape index (κ2) is 3.78. The van der Waals surface area contributed by atoms with E-state index < -0.39 is 0 Å². The van der Waals surface area contributed by atoms with Gasteiger partial charge >= 0.3 is 6.03 Å². The summed E-state index contributed by atoms with van der Waals surface area (Å²) in [4.78, 5) is 13.2. The molecular weight excluding hydrogens is 152 g/mol. The lowest BCUT2D eigenvalue weighted by Crippen LogP contribution is -2.51. The molecule has 0 radical (unpaired) electrons. The number of urea groups is 1. The molecule has 1 N–H and O–H groups in total. The molecule has 2 amide bonds. The van der Waals surface area contributed by atoms with Gasteiger partial charge in [-0.1, -0.05) is 13.8 Å². The Balaban J connectivity index is 2.25. The van der Waals surface area contributed by atoms with Crippen LogP contribution in [0.3, 0.4) is 0 Å². The summed E-state index contributed by atoms with van der Waals surface area (Å²) in [5, 5.41) is 2.97. The van der Waals surface area contributed by atoms with Crippen molar-refractivity contribution >= 4 is 6.03 Å². The number of carbonyl (C=O) groups is 1. The first-order valence-corrected chi connectivity index (χ1v) is 4.66. The Bertz CT molecular complexity index is 164. The molecule has 0 unspecified atom stereocenters. The highest BCUT2D eigenvalue weighted by Gasteiger charge is 2.21. The molecule has 0 spiro atoms. The lowest BCUT2D eigenvalue weighted by Gasteiger charge is -2.32. The van der Waals surface area contributed by atoms with E-state index in [1.807, 2.05) is 11.8 Å². The molecular formula is C9H18N2O. The van der Waals surface area contributed by atoms with E-state index in [2.05, 4.69) is 19.2 Å². The van der Waals surface area contributed by atoms with E-state index in [-0.39, 0.29) is 12.1 Å². The number of hydrogen-bond donors (Lipinski definition) is 1. The maximum atomic E-state index is 11.4. The molecule has 0 bridgehead atoms. The molecule has 1 aliphatic rings. The number of nitrogens with one attached hydrogen (secondary N) is 1. The fourth-order valence-electron chi connectivity index (χ4n) is 0.972. The maximum Gasteiger partial charge on any atom is 0.317 e. The summed E-state index contributed by atoms with van der Waals surface area (Å²) in [5.41, 5.74) is 0. The van der Waals surface area contributed by atoms with Gasteiger partial charge in [-0.3, -0.25) is 0 Å². The highest BCUT2D eigenvalue weighted by Crippen LogP contribution is 2.07. The monoisotopic (exact) mass is 170 g/mol. The van der Waals surface area contributed by atoms with Gasteiger partial charge in [0.1, 0.15) is 0 Å². The van der Waals surface area contributed by atoms with Crippen LogP contribution in [0.2, 0.25) is 0 Å². The van der Waals surface area contributed by atoms with Gasteiger partial charge < -0.3 is 10.2 Å². The quantitative estimate of drug-likeness (QED) is 0.668. The van der Waals surface area contributed by atoms with Gasteiger partial charge in [-0.15, -0.1) is 0 Å². The number of amides is 2. The molecule has 0 aromatic rings. The van der Waals surface area contributed by atoms with E-state index in [4.69, 9.17) is 0 Å². The van der Waals surface area contributed by atoms with Crippen LogP contribution in [0.5, 0.6) is 0 Å². The second-order valence-electron chi connectivity index (χ2n) is 3.82. The van der Waals surface area contributed by atoms with Crippen LogP contribution in [-0.4, -0.2) is 30.1 Å². The zero-order valence-electron chi connectivity index (χ0n) is 8.13. The van der Waals surface area contributed by atoms with Crippen molar-refractivity contribution in [2.75, 3.05) is 13.1 Å². The van der Waals surface area contributed by atoms with Gasteiger partial charge in [0.25, 0.3) is 0 Å². The Labute approximate surface area is 74.1 Å². The molecule has 1 fully saturated rings. The van der Waals surface area contributed by atoms with Crippen LogP contribution in [-0.2, 0) is 0 Å². The number of rotatable bonds is 2. The lowest BCUT2D eigenvalue weighted by molar-refractivity contribution is 0.162. The predicted octanol–water partition coefficient (Wildman–Crippen LogP) is 1.45. The Morgan fingerprint density at radius 2 is 1.92 bits per heavy atom. The normalized spacial score (nSPS) is 18.8. The second-order valence-corrected chi connectivity index (χ2v) is 3.82. The summed E-state index contributed by atoms with van der Waals surface area (Å²) in [7, 11) is 0. The average molecular weight is 170 g/mol. The number of nitrogens with zero attached hydrogens (tertiary/aromatic N) is 1. The molecule has 3 nitrogen and oxygen atoms in total. The number of carbonyl (C=O) groups excluding carboxylic acids is 1. The van der Waals surface area contributed by atoms with Gasteiger partial charge in [-0.2, -0.15) is 0 Å². The largest absolute Gasteiger partial charge is 0.335 e. The van der Waals surface area contributed by atoms with Crippen molar-refractivity contribution in [2.45, 2.75) is 33.2 Å². The summed E-state index contributed by atoms with van der Waals surface area (Å²) >= 11 is 0. The average Bonchev–Trinajstić information content (AvgIpc) is 1.82. The van der Waals surface area contributed by atoms with Crippen LogP contribution >= 0.6 is 0 Å². The predicted molar refractivity (Wildman–Crippen MR) is 49.0 cm³/mol. The van der Waals surface area contributed by atoms with Crippen molar-refractivity contribution in [3.8, 4) is 0 Å². The third-order valence-corrected chi connectivity index (χ3v) is 2.49. The molecule has 0 aliphatic carbocycles. The molecule has 1 atom stereocenters. The number of likely N-dealkylation sites (tertiary alicyclic amines) is 1. The summed E-state index contributed by atoms with van der Waals surface area (Å²) < 4.78 is 0. The van der Waals surface area contributed by atoms with E-state index >= 15 is 0 Å². The summed E-state index contributed by atoms with van der Waals surface area (Å²) in [6, 6.07) is 0.376. The van der Waals surface area contributed by atoms with E-state index in [0.717, 1.165) is 19.5 Å². The van der Waals surface area contributed by atoms with Crippen LogP contribution in [0.1, 0.15) is 27.2 Å². The molecule has 0 saturated carbocycles. The van der Waals surface area contributed by atoms with Gasteiger partial charge in [0.15, 0.2) is 0 Å². The van der Waals surface area contributed by atoms with Gasteiger partial charge in [-0.05, 0) is 19.3 Å². The smallest absolute Gasteiger partial charge is 0.317 e. The third-order valence-electron chi connectivity index (χ3n) is 2.49. The van der Waals surface area contributed by atoms with Crippen molar-refractivity contribution < 1.29 is 4.79 Å². The summed E-state index contributed by atoms with van der Waals surface area (Å²) in [6.07, 6.45) is 1.16. The molecule has 12 heavy (non-hydrogen) atoms. The van der Waals surface area contributed by atoms with Crippen molar-refractivity contribution in [2.24, 2.45) is 5.92 Å². The van der Waals surface area contributed by atoms with Gasteiger partial charge in [0.05, 0.1) is 0 Å². The molecule has 1 rings (SSSR count). The molecule has 3 heteroatoms. The van der Waals surface area contributed by atoms with Crippen LogP contribution in [0.25, 0.3) is 0 Å².